The number of nitrogens with one attached hydrogen (secondary N) is 1. The Hall–Kier alpha value is -1.64. The molecular weight excluding hydrogens is 256 g/mol. The summed E-state index contributed by atoms with van der Waals surface area (Å²) in [6.45, 7) is 4.32. The predicted molar refractivity (Wildman–Crippen MR) is 87.9 cm³/mol. The van der Waals surface area contributed by atoms with Gasteiger partial charge in [-0.15, -0.1) is 0 Å². The van der Waals surface area contributed by atoms with Crippen molar-refractivity contribution in [2.75, 3.05) is 0 Å². The number of rotatable bonds is 3. The molecule has 2 unspecified atom stereocenters. The van der Waals surface area contributed by atoms with Crippen molar-refractivity contribution in [3.63, 3.8) is 0 Å². The number of aryl methyl sites for hydroxylation is 3. The standard InChI is InChI=1S/C19H24N2/c1-13-7-8-17(11-14(13)2)19(21-20)18-10-9-15-5-3-4-6-16(15)12-18/h3-8,11,18-19,21H,9-10,12,20H2,1-2H3. The van der Waals surface area contributed by atoms with E-state index < -0.39 is 0 Å². The van der Waals surface area contributed by atoms with Crippen LogP contribution in [0, 0.1) is 19.8 Å². The third kappa shape index (κ3) is 2.87. The lowest BCUT2D eigenvalue weighted by molar-refractivity contribution is 0.329. The number of nitrogens with two attached hydrogens (primary N) is 1. The molecule has 0 bridgehead atoms. The summed E-state index contributed by atoms with van der Waals surface area (Å²) in [7, 11) is 0. The Labute approximate surface area is 127 Å². The minimum absolute atomic E-state index is 0.234. The van der Waals surface area contributed by atoms with Crippen molar-refractivity contribution >= 4 is 0 Å². The fraction of sp³-hybridized carbons (Fsp3) is 0.368. The Balaban J connectivity index is 1.86. The quantitative estimate of drug-likeness (QED) is 0.666. The molecule has 0 heterocycles. The summed E-state index contributed by atoms with van der Waals surface area (Å²) < 4.78 is 0. The first-order valence-electron chi connectivity index (χ1n) is 7.79. The summed E-state index contributed by atoms with van der Waals surface area (Å²) in [6.07, 6.45) is 3.46. The molecule has 0 radical (unpaired) electrons. The van der Waals surface area contributed by atoms with Crippen LogP contribution in [0.25, 0.3) is 0 Å². The number of hydrogen-bond donors (Lipinski definition) is 2. The van der Waals surface area contributed by atoms with E-state index in [1.54, 1.807) is 0 Å². The van der Waals surface area contributed by atoms with Gasteiger partial charge in [0.1, 0.15) is 0 Å². The molecule has 110 valence electrons. The van der Waals surface area contributed by atoms with E-state index in [2.05, 4.69) is 61.7 Å². The van der Waals surface area contributed by atoms with Gasteiger partial charge in [0.2, 0.25) is 0 Å². The molecule has 2 nitrogen and oxygen atoms in total. The highest BCUT2D eigenvalue weighted by molar-refractivity contribution is 5.34. The van der Waals surface area contributed by atoms with Crippen molar-refractivity contribution in [1.29, 1.82) is 0 Å². The monoisotopic (exact) mass is 280 g/mol. The molecule has 0 aliphatic heterocycles. The van der Waals surface area contributed by atoms with E-state index in [9.17, 15) is 0 Å². The minimum Gasteiger partial charge on any atom is -0.271 e. The topological polar surface area (TPSA) is 38.0 Å². The second kappa shape index (κ2) is 6.00. The molecule has 3 N–H and O–H groups in total. The maximum atomic E-state index is 5.89. The smallest absolute Gasteiger partial charge is 0.0491 e. The summed E-state index contributed by atoms with van der Waals surface area (Å²) in [5, 5.41) is 0. The van der Waals surface area contributed by atoms with E-state index >= 15 is 0 Å². The predicted octanol–water partition coefficient (Wildman–Crippen LogP) is 3.61. The van der Waals surface area contributed by atoms with Crippen molar-refractivity contribution in [2.45, 2.75) is 39.2 Å². The van der Waals surface area contributed by atoms with Gasteiger partial charge in [-0.2, -0.15) is 0 Å². The lowest BCUT2D eigenvalue weighted by Gasteiger charge is -2.31. The number of hydrazine groups is 1. The highest BCUT2D eigenvalue weighted by atomic mass is 15.2. The zero-order chi connectivity index (χ0) is 14.8. The van der Waals surface area contributed by atoms with E-state index in [0.717, 1.165) is 12.8 Å². The van der Waals surface area contributed by atoms with Crippen LogP contribution >= 0.6 is 0 Å². The van der Waals surface area contributed by atoms with E-state index in [-0.39, 0.29) is 6.04 Å². The molecule has 0 saturated heterocycles. The molecule has 0 amide bonds. The van der Waals surface area contributed by atoms with Crippen molar-refractivity contribution in [3.8, 4) is 0 Å². The number of hydrogen-bond acceptors (Lipinski definition) is 2. The van der Waals surface area contributed by atoms with Crippen LogP contribution in [0.5, 0.6) is 0 Å². The maximum absolute atomic E-state index is 5.89. The van der Waals surface area contributed by atoms with Crippen molar-refractivity contribution in [2.24, 2.45) is 11.8 Å². The molecule has 2 heteroatoms. The maximum Gasteiger partial charge on any atom is 0.0491 e. The number of fused-ring (bicyclic) bond motifs is 1. The normalized spacial score (nSPS) is 19.1. The van der Waals surface area contributed by atoms with E-state index in [4.69, 9.17) is 5.84 Å². The third-order valence-corrected chi connectivity index (χ3v) is 4.93. The zero-order valence-electron chi connectivity index (χ0n) is 12.9. The molecule has 2 atom stereocenters. The van der Waals surface area contributed by atoms with Crippen LogP contribution in [0.1, 0.15) is 40.3 Å². The van der Waals surface area contributed by atoms with Crippen LogP contribution in [-0.4, -0.2) is 0 Å². The third-order valence-electron chi connectivity index (χ3n) is 4.93. The van der Waals surface area contributed by atoms with Crippen molar-refractivity contribution < 1.29 is 0 Å². The highest BCUT2D eigenvalue weighted by Crippen LogP contribution is 2.34. The van der Waals surface area contributed by atoms with Gasteiger partial charge in [-0.3, -0.25) is 11.3 Å². The van der Waals surface area contributed by atoms with Crippen LogP contribution in [0.3, 0.4) is 0 Å². The summed E-state index contributed by atoms with van der Waals surface area (Å²) in [5.74, 6) is 6.46. The Kier molecular flexibility index (Phi) is 4.09. The second-order valence-corrected chi connectivity index (χ2v) is 6.26. The first-order chi connectivity index (χ1) is 10.2. The second-order valence-electron chi connectivity index (χ2n) is 6.26. The lowest BCUT2D eigenvalue weighted by atomic mass is 9.78. The molecule has 1 aliphatic carbocycles. The Bertz CT molecular complexity index is 633. The molecule has 3 rings (SSSR count). The van der Waals surface area contributed by atoms with Crippen LogP contribution in [0.4, 0.5) is 0 Å². The van der Waals surface area contributed by atoms with Gasteiger partial charge in [0, 0.05) is 6.04 Å². The molecule has 0 saturated carbocycles. The molecule has 21 heavy (non-hydrogen) atoms. The van der Waals surface area contributed by atoms with Crippen molar-refractivity contribution in [1.82, 2.24) is 5.43 Å². The average molecular weight is 280 g/mol. The van der Waals surface area contributed by atoms with Gasteiger partial charge < -0.3 is 0 Å². The van der Waals surface area contributed by atoms with E-state index in [1.165, 1.54) is 34.2 Å². The highest BCUT2D eigenvalue weighted by Gasteiger charge is 2.26. The first kappa shape index (κ1) is 14.3. The fourth-order valence-corrected chi connectivity index (χ4v) is 3.47. The molecular formula is C19H24N2. The van der Waals surface area contributed by atoms with Gasteiger partial charge in [0.05, 0.1) is 0 Å². The minimum atomic E-state index is 0.234. The number of benzene rings is 2. The Morgan fingerprint density at radius 1 is 1.05 bits per heavy atom. The van der Waals surface area contributed by atoms with Gasteiger partial charge in [-0.1, -0.05) is 42.5 Å². The summed E-state index contributed by atoms with van der Waals surface area (Å²) in [5.41, 5.74) is 10.0. The lowest BCUT2D eigenvalue weighted by Crippen LogP contribution is -2.36. The van der Waals surface area contributed by atoms with Gasteiger partial charge >= 0.3 is 0 Å². The van der Waals surface area contributed by atoms with Crippen LogP contribution in [0.2, 0.25) is 0 Å². The largest absolute Gasteiger partial charge is 0.271 e. The Morgan fingerprint density at radius 3 is 2.52 bits per heavy atom. The molecule has 2 aromatic rings. The van der Waals surface area contributed by atoms with Crippen LogP contribution in [-0.2, 0) is 12.8 Å². The van der Waals surface area contributed by atoms with Gasteiger partial charge in [-0.25, -0.2) is 0 Å². The van der Waals surface area contributed by atoms with Gasteiger partial charge in [0.25, 0.3) is 0 Å². The average Bonchev–Trinajstić information content (AvgIpc) is 2.51. The SMILES string of the molecule is Cc1ccc(C(NN)C2CCc3ccccc3C2)cc1C. The van der Waals surface area contributed by atoms with Crippen molar-refractivity contribution in [3.05, 3.63) is 70.3 Å². The first-order valence-corrected chi connectivity index (χ1v) is 7.79. The van der Waals surface area contributed by atoms with E-state index in [1.807, 2.05) is 0 Å². The summed E-state index contributed by atoms with van der Waals surface area (Å²) >= 11 is 0. The van der Waals surface area contributed by atoms with E-state index in [0.29, 0.717) is 5.92 Å². The molecule has 0 fully saturated rings. The molecule has 1 aliphatic rings. The van der Waals surface area contributed by atoms with Crippen LogP contribution in [0.15, 0.2) is 42.5 Å². The Morgan fingerprint density at radius 2 is 1.81 bits per heavy atom. The van der Waals surface area contributed by atoms with Gasteiger partial charge in [0.15, 0.2) is 0 Å². The summed E-state index contributed by atoms with van der Waals surface area (Å²) in [6, 6.07) is 15.7. The van der Waals surface area contributed by atoms with Crippen LogP contribution < -0.4 is 11.3 Å². The summed E-state index contributed by atoms with van der Waals surface area (Å²) in [4.78, 5) is 0. The zero-order valence-corrected chi connectivity index (χ0v) is 12.9. The molecule has 0 aromatic heterocycles. The molecule has 2 aromatic carbocycles. The molecule has 0 spiro atoms. The fourth-order valence-electron chi connectivity index (χ4n) is 3.47. The van der Waals surface area contributed by atoms with Gasteiger partial charge in [-0.05, 0) is 66.8 Å².